The molecule has 0 spiro atoms. The van der Waals surface area contributed by atoms with Crippen molar-refractivity contribution in [2.75, 3.05) is 10.6 Å². The Labute approximate surface area is 191 Å². The molecule has 0 saturated heterocycles. The minimum Gasteiger partial charge on any atom is -0.451 e. The van der Waals surface area contributed by atoms with Crippen LogP contribution in [0, 0.1) is 13.8 Å². The van der Waals surface area contributed by atoms with Gasteiger partial charge in [0.2, 0.25) is 0 Å². The van der Waals surface area contributed by atoms with Crippen LogP contribution in [0.4, 0.5) is 11.4 Å². The smallest absolute Gasteiger partial charge is 0.291 e. The first-order valence-corrected chi connectivity index (χ1v) is 10.4. The van der Waals surface area contributed by atoms with Gasteiger partial charge in [-0.3, -0.25) is 9.59 Å². The van der Waals surface area contributed by atoms with Gasteiger partial charge in [0.1, 0.15) is 5.76 Å². The summed E-state index contributed by atoms with van der Waals surface area (Å²) in [6.45, 7) is 4.08. The molecule has 4 rings (SSSR count). The third kappa shape index (κ3) is 4.90. The number of anilines is 2. The molecule has 2 amide bonds. The SMILES string of the molecule is Cc1ccc(-c2ccc(C(=O)Nc3cccc(NC(=O)c4cccc(Cl)c4)c3)o2)cc1C. The summed E-state index contributed by atoms with van der Waals surface area (Å²) < 4.78 is 5.77. The van der Waals surface area contributed by atoms with Crippen LogP contribution in [0.5, 0.6) is 0 Å². The molecule has 0 aliphatic heterocycles. The molecule has 32 heavy (non-hydrogen) atoms. The first-order chi connectivity index (χ1) is 15.4. The highest BCUT2D eigenvalue weighted by molar-refractivity contribution is 6.31. The van der Waals surface area contributed by atoms with Gasteiger partial charge in [0, 0.05) is 27.5 Å². The lowest BCUT2D eigenvalue weighted by molar-refractivity contribution is 0.0995. The van der Waals surface area contributed by atoms with E-state index in [-0.39, 0.29) is 17.6 Å². The molecule has 0 saturated carbocycles. The van der Waals surface area contributed by atoms with E-state index >= 15 is 0 Å². The van der Waals surface area contributed by atoms with Gasteiger partial charge in [0.15, 0.2) is 5.76 Å². The van der Waals surface area contributed by atoms with Crippen molar-refractivity contribution in [3.05, 3.63) is 106 Å². The molecule has 5 nitrogen and oxygen atoms in total. The number of rotatable bonds is 5. The maximum Gasteiger partial charge on any atom is 0.291 e. The predicted octanol–water partition coefficient (Wildman–Crippen LogP) is 6.72. The van der Waals surface area contributed by atoms with Gasteiger partial charge in [0.05, 0.1) is 0 Å². The second-order valence-electron chi connectivity index (χ2n) is 7.46. The Hall–Kier alpha value is -3.83. The first kappa shape index (κ1) is 21.4. The van der Waals surface area contributed by atoms with Crippen LogP contribution in [-0.2, 0) is 0 Å². The van der Waals surface area contributed by atoms with Gasteiger partial charge in [-0.2, -0.15) is 0 Å². The summed E-state index contributed by atoms with van der Waals surface area (Å²) in [6.07, 6.45) is 0. The van der Waals surface area contributed by atoms with E-state index in [4.69, 9.17) is 16.0 Å². The molecule has 0 aliphatic carbocycles. The minimum absolute atomic E-state index is 0.201. The lowest BCUT2D eigenvalue weighted by atomic mass is 10.1. The number of amides is 2. The molecule has 0 atom stereocenters. The van der Waals surface area contributed by atoms with Crippen molar-refractivity contribution in [2.24, 2.45) is 0 Å². The maximum atomic E-state index is 12.7. The number of carbonyl (C=O) groups excluding carboxylic acids is 2. The van der Waals surface area contributed by atoms with Crippen LogP contribution >= 0.6 is 11.6 Å². The van der Waals surface area contributed by atoms with Gasteiger partial charge in [-0.1, -0.05) is 35.9 Å². The van der Waals surface area contributed by atoms with E-state index in [1.54, 1.807) is 60.7 Å². The zero-order chi connectivity index (χ0) is 22.7. The molecule has 160 valence electrons. The van der Waals surface area contributed by atoms with Crippen LogP contribution < -0.4 is 10.6 Å². The van der Waals surface area contributed by atoms with E-state index in [1.165, 1.54) is 5.56 Å². The van der Waals surface area contributed by atoms with E-state index in [9.17, 15) is 9.59 Å². The van der Waals surface area contributed by atoms with Crippen molar-refractivity contribution in [2.45, 2.75) is 13.8 Å². The molecule has 0 unspecified atom stereocenters. The van der Waals surface area contributed by atoms with E-state index in [0.29, 0.717) is 27.7 Å². The number of furan rings is 1. The van der Waals surface area contributed by atoms with Crippen LogP contribution in [0.25, 0.3) is 11.3 Å². The number of hydrogen-bond acceptors (Lipinski definition) is 3. The Morgan fingerprint density at radius 3 is 2.19 bits per heavy atom. The molecule has 1 heterocycles. The highest BCUT2D eigenvalue weighted by Crippen LogP contribution is 2.25. The summed E-state index contributed by atoms with van der Waals surface area (Å²) in [5.41, 5.74) is 4.78. The average molecular weight is 445 g/mol. The Bertz CT molecular complexity index is 1310. The average Bonchev–Trinajstić information content (AvgIpc) is 3.26. The number of benzene rings is 3. The van der Waals surface area contributed by atoms with Crippen molar-refractivity contribution in [3.63, 3.8) is 0 Å². The highest BCUT2D eigenvalue weighted by Gasteiger charge is 2.14. The first-order valence-electron chi connectivity index (χ1n) is 10.0. The van der Waals surface area contributed by atoms with Crippen molar-refractivity contribution in [1.82, 2.24) is 0 Å². The lowest BCUT2D eigenvalue weighted by Crippen LogP contribution is -2.13. The number of aryl methyl sites for hydroxylation is 2. The molecular formula is C26H21ClN2O3. The molecule has 0 fully saturated rings. The molecule has 3 aromatic carbocycles. The second-order valence-corrected chi connectivity index (χ2v) is 7.90. The minimum atomic E-state index is -0.376. The highest BCUT2D eigenvalue weighted by atomic mass is 35.5. The fourth-order valence-electron chi connectivity index (χ4n) is 3.21. The van der Waals surface area contributed by atoms with Gasteiger partial charge in [-0.25, -0.2) is 0 Å². The summed E-state index contributed by atoms with van der Waals surface area (Å²) >= 11 is 5.95. The summed E-state index contributed by atoms with van der Waals surface area (Å²) in [6, 6.07) is 23.0. The van der Waals surface area contributed by atoms with Crippen molar-refractivity contribution in [1.29, 1.82) is 0 Å². The third-order valence-corrected chi connectivity index (χ3v) is 5.32. The molecule has 0 radical (unpaired) electrons. The summed E-state index contributed by atoms with van der Waals surface area (Å²) in [7, 11) is 0. The Balaban J connectivity index is 1.45. The summed E-state index contributed by atoms with van der Waals surface area (Å²) in [5.74, 6) is 0.158. The van der Waals surface area contributed by atoms with Crippen molar-refractivity contribution in [3.8, 4) is 11.3 Å². The molecule has 2 N–H and O–H groups in total. The van der Waals surface area contributed by atoms with E-state index in [2.05, 4.69) is 10.6 Å². The summed E-state index contributed by atoms with van der Waals surface area (Å²) in [5, 5.41) is 6.09. The Kier molecular flexibility index (Phi) is 6.10. The second kappa shape index (κ2) is 9.12. The zero-order valence-corrected chi connectivity index (χ0v) is 18.4. The Morgan fingerprint density at radius 2 is 1.47 bits per heavy atom. The number of nitrogens with one attached hydrogen (secondary N) is 2. The normalized spacial score (nSPS) is 10.6. The van der Waals surface area contributed by atoms with Gasteiger partial charge < -0.3 is 15.1 Å². The van der Waals surface area contributed by atoms with Crippen molar-refractivity contribution < 1.29 is 14.0 Å². The zero-order valence-electron chi connectivity index (χ0n) is 17.6. The van der Waals surface area contributed by atoms with E-state index in [0.717, 1.165) is 11.1 Å². The van der Waals surface area contributed by atoms with Crippen molar-refractivity contribution >= 4 is 34.8 Å². The largest absolute Gasteiger partial charge is 0.451 e. The molecule has 0 bridgehead atoms. The molecule has 1 aromatic heterocycles. The fraction of sp³-hybridized carbons (Fsp3) is 0.0769. The summed E-state index contributed by atoms with van der Waals surface area (Å²) in [4.78, 5) is 25.1. The van der Waals surface area contributed by atoms with Crippen LogP contribution in [0.2, 0.25) is 5.02 Å². The predicted molar refractivity (Wildman–Crippen MR) is 127 cm³/mol. The van der Waals surface area contributed by atoms with Crippen LogP contribution in [0.1, 0.15) is 32.0 Å². The van der Waals surface area contributed by atoms with Crippen LogP contribution in [-0.4, -0.2) is 11.8 Å². The molecule has 0 aliphatic rings. The topological polar surface area (TPSA) is 71.3 Å². The van der Waals surface area contributed by atoms with E-state index in [1.807, 2.05) is 32.0 Å². The number of halogens is 1. The quantitative estimate of drug-likeness (QED) is 0.359. The monoisotopic (exact) mass is 444 g/mol. The number of hydrogen-bond donors (Lipinski definition) is 2. The Morgan fingerprint density at radius 1 is 0.750 bits per heavy atom. The fourth-order valence-corrected chi connectivity index (χ4v) is 3.40. The number of carbonyl (C=O) groups is 2. The third-order valence-electron chi connectivity index (χ3n) is 5.09. The standard InChI is InChI=1S/C26H21ClN2O3/c1-16-9-10-18(13-17(16)2)23-11-12-24(32-23)26(31)29-22-8-4-7-21(15-22)28-25(30)19-5-3-6-20(27)14-19/h3-15H,1-2H3,(H,28,30)(H,29,31). The molecule has 4 aromatic rings. The maximum absolute atomic E-state index is 12.7. The molecular weight excluding hydrogens is 424 g/mol. The van der Waals surface area contributed by atoms with E-state index < -0.39 is 0 Å². The van der Waals surface area contributed by atoms with Gasteiger partial charge in [0.25, 0.3) is 11.8 Å². The van der Waals surface area contributed by atoms with Gasteiger partial charge >= 0.3 is 0 Å². The van der Waals surface area contributed by atoms with Gasteiger partial charge in [-0.15, -0.1) is 0 Å². The molecule has 6 heteroatoms. The van der Waals surface area contributed by atoms with Crippen LogP contribution in [0.3, 0.4) is 0 Å². The van der Waals surface area contributed by atoms with Gasteiger partial charge in [-0.05, 0) is 79.6 Å². The lowest BCUT2D eigenvalue weighted by Gasteiger charge is -2.08. The van der Waals surface area contributed by atoms with Crippen LogP contribution in [0.15, 0.2) is 83.3 Å².